The van der Waals surface area contributed by atoms with Gasteiger partial charge in [-0.1, -0.05) is 30.3 Å². The molecule has 10 heteroatoms. The van der Waals surface area contributed by atoms with Gasteiger partial charge in [-0.05, 0) is 12.0 Å². The van der Waals surface area contributed by atoms with Crippen LogP contribution in [0.5, 0.6) is 0 Å². The van der Waals surface area contributed by atoms with Gasteiger partial charge in [-0.25, -0.2) is 4.39 Å². The van der Waals surface area contributed by atoms with Crippen molar-refractivity contribution < 1.29 is 22.3 Å². The largest absolute Gasteiger partial charge is 0.408 e. The summed E-state index contributed by atoms with van der Waals surface area (Å²) in [5.41, 5.74) is 0.265. The number of anilines is 2. The van der Waals surface area contributed by atoms with E-state index in [0.717, 1.165) is 4.90 Å². The van der Waals surface area contributed by atoms with Gasteiger partial charge < -0.3 is 14.5 Å². The number of hydrogen-bond donors (Lipinski definition) is 0. The Morgan fingerprint density at radius 3 is 2.63 bits per heavy atom. The fourth-order valence-electron chi connectivity index (χ4n) is 3.94. The third kappa shape index (κ3) is 4.14. The van der Waals surface area contributed by atoms with Crippen molar-refractivity contribution in [2.45, 2.75) is 37.8 Å². The van der Waals surface area contributed by atoms with E-state index in [0.29, 0.717) is 12.1 Å². The number of benzene rings is 1. The van der Waals surface area contributed by atoms with Crippen molar-refractivity contribution in [2.24, 2.45) is 0 Å². The molecule has 0 bridgehead atoms. The summed E-state index contributed by atoms with van der Waals surface area (Å²) in [6.07, 6.45) is -5.35. The van der Waals surface area contributed by atoms with E-state index in [9.17, 15) is 22.4 Å². The zero-order valence-corrected chi connectivity index (χ0v) is 16.2. The number of halogens is 4. The normalized spacial score (nSPS) is 22.1. The first-order valence-electron chi connectivity index (χ1n) is 9.78. The van der Waals surface area contributed by atoms with Gasteiger partial charge in [0.05, 0.1) is 6.61 Å². The summed E-state index contributed by atoms with van der Waals surface area (Å²) in [4.78, 5) is 20.0. The first-order valence-corrected chi connectivity index (χ1v) is 9.78. The number of ether oxygens (including phenoxy) is 1. The Bertz CT molecular complexity index is 935. The van der Waals surface area contributed by atoms with Crippen LogP contribution < -0.4 is 15.4 Å². The van der Waals surface area contributed by atoms with Crippen LogP contribution in [-0.2, 0) is 17.8 Å². The van der Waals surface area contributed by atoms with Gasteiger partial charge in [0.1, 0.15) is 24.6 Å². The minimum atomic E-state index is -4.47. The average Bonchev–Trinajstić information content (AvgIpc) is 2.74. The molecule has 0 saturated carbocycles. The van der Waals surface area contributed by atoms with Gasteiger partial charge in [0.15, 0.2) is 0 Å². The zero-order chi connectivity index (χ0) is 21.3. The molecule has 2 aliphatic rings. The van der Waals surface area contributed by atoms with Crippen LogP contribution in [-0.4, -0.2) is 54.2 Å². The maximum absolute atomic E-state index is 13.8. The molecule has 0 radical (unpaired) electrons. The van der Waals surface area contributed by atoms with Crippen molar-refractivity contribution in [3.05, 3.63) is 52.3 Å². The van der Waals surface area contributed by atoms with Gasteiger partial charge in [-0.2, -0.15) is 18.2 Å². The predicted molar refractivity (Wildman–Crippen MR) is 104 cm³/mol. The molecule has 2 aliphatic heterocycles. The third-order valence-corrected chi connectivity index (χ3v) is 5.44. The quantitative estimate of drug-likeness (QED) is 0.704. The molecule has 2 aromatic rings. The van der Waals surface area contributed by atoms with E-state index in [4.69, 9.17) is 4.74 Å². The van der Waals surface area contributed by atoms with Crippen LogP contribution in [0, 0.1) is 0 Å². The van der Waals surface area contributed by atoms with E-state index in [1.165, 1.54) is 10.6 Å². The SMILES string of the molecule is O=c1cc(N2CCO[C@H](CF)C2)nc2n1CCC(C(F)(F)F)N2Cc1ccccc1. The molecule has 1 unspecified atom stereocenters. The molecule has 162 valence electrons. The van der Waals surface area contributed by atoms with Crippen molar-refractivity contribution in [1.82, 2.24) is 9.55 Å². The molecular formula is C20H22F4N4O2. The summed E-state index contributed by atoms with van der Waals surface area (Å²) >= 11 is 0. The smallest absolute Gasteiger partial charge is 0.372 e. The topological polar surface area (TPSA) is 50.6 Å². The van der Waals surface area contributed by atoms with Crippen LogP contribution >= 0.6 is 0 Å². The van der Waals surface area contributed by atoms with Crippen LogP contribution in [0.15, 0.2) is 41.2 Å². The molecule has 30 heavy (non-hydrogen) atoms. The monoisotopic (exact) mass is 426 g/mol. The molecule has 0 N–H and O–H groups in total. The Kier molecular flexibility index (Phi) is 5.68. The van der Waals surface area contributed by atoms with Crippen LogP contribution in [0.1, 0.15) is 12.0 Å². The van der Waals surface area contributed by atoms with Crippen LogP contribution in [0.4, 0.5) is 29.3 Å². The number of rotatable bonds is 4. The van der Waals surface area contributed by atoms with Crippen molar-refractivity contribution in [2.75, 3.05) is 36.2 Å². The van der Waals surface area contributed by atoms with Gasteiger partial charge in [0, 0.05) is 32.2 Å². The van der Waals surface area contributed by atoms with Gasteiger partial charge >= 0.3 is 6.18 Å². The Labute approximate surface area is 170 Å². The minimum Gasteiger partial charge on any atom is -0.372 e. The van der Waals surface area contributed by atoms with Crippen molar-refractivity contribution in [3.63, 3.8) is 0 Å². The summed E-state index contributed by atoms with van der Waals surface area (Å²) in [7, 11) is 0. The molecule has 0 amide bonds. The Morgan fingerprint density at radius 1 is 1.17 bits per heavy atom. The van der Waals surface area contributed by atoms with Gasteiger partial charge in [-0.3, -0.25) is 9.36 Å². The Balaban J connectivity index is 1.74. The third-order valence-electron chi connectivity index (χ3n) is 5.44. The first kappa shape index (κ1) is 20.6. The predicted octanol–water partition coefficient (Wildman–Crippen LogP) is 2.76. The standard InChI is InChI=1S/C20H22F4N4O2/c21-11-15-13-26(8-9-30-15)17-10-18(29)27-7-6-16(20(22,23)24)28(19(27)25-17)12-14-4-2-1-3-5-14/h1-5,10,15-16H,6-9,11-13H2/t15-,16?/m1/s1. The Hall–Kier alpha value is -2.62. The Morgan fingerprint density at radius 2 is 1.93 bits per heavy atom. The highest BCUT2D eigenvalue weighted by Gasteiger charge is 2.47. The second kappa shape index (κ2) is 8.25. The molecule has 4 rings (SSSR count). The van der Waals surface area contributed by atoms with Crippen molar-refractivity contribution in [3.8, 4) is 0 Å². The highest BCUT2D eigenvalue weighted by Crippen LogP contribution is 2.35. The second-order valence-corrected chi connectivity index (χ2v) is 7.46. The fraction of sp³-hybridized carbons (Fsp3) is 0.500. The second-order valence-electron chi connectivity index (χ2n) is 7.46. The maximum Gasteiger partial charge on any atom is 0.408 e. The van der Waals surface area contributed by atoms with Crippen molar-refractivity contribution >= 4 is 11.8 Å². The van der Waals surface area contributed by atoms with E-state index >= 15 is 0 Å². The van der Waals surface area contributed by atoms with Crippen LogP contribution in [0.25, 0.3) is 0 Å². The molecular weight excluding hydrogens is 404 g/mol. The minimum absolute atomic E-state index is 0.0155. The highest BCUT2D eigenvalue weighted by molar-refractivity contribution is 5.47. The molecule has 2 atom stereocenters. The molecule has 1 saturated heterocycles. The molecule has 1 aromatic heterocycles. The summed E-state index contributed by atoms with van der Waals surface area (Å²) in [5.74, 6) is 0.229. The van der Waals surface area contributed by atoms with Crippen LogP contribution in [0.3, 0.4) is 0 Å². The maximum atomic E-state index is 13.8. The lowest BCUT2D eigenvalue weighted by Gasteiger charge is -2.40. The van der Waals surface area contributed by atoms with E-state index in [1.807, 2.05) is 0 Å². The molecule has 1 fully saturated rings. The highest BCUT2D eigenvalue weighted by atomic mass is 19.4. The lowest BCUT2D eigenvalue weighted by atomic mass is 10.1. The van der Waals surface area contributed by atoms with E-state index in [2.05, 4.69) is 4.98 Å². The lowest BCUT2D eigenvalue weighted by molar-refractivity contribution is -0.153. The van der Waals surface area contributed by atoms with E-state index in [-0.39, 0.29) is 44.4 Å². The molecule has 1 aromatic carbocycles. The van der Waals surface area contributed by atoms with Gasteiger partial charge in [0.2, 0.25) is 5.95 Å². The van der Waals surface area contributed by atoms with Gasteiger partial charge in [0.25, 0.3) is 5.56 Å². The first-order chi connectivity index (χ1) is 14.4. The van der Waals surface area contributed by atoms with Gasteiger partial charge in [-0.15, -0.1) is 0 Å². The molecule has 6 nitrogen and oxygen atoms in total. The summed E-state index contributed by atoms with van der Waals surface area (Å²) in [6, 6.07) is 8.33. The number of morpholine rings is 1. The number of nitrogens with zero attached hydrogens (tertiary/aromatic N) is 4. The summed E-state index contributed by atoms with van der Waals surface area (Å²) < 4.78 is 61.1. The van der Waals surface area contributed by atoms with E-state index in [1.54, 1.807) is 35.2 Å². The number of fused-ring (bicyclic) bond motifs is 1. The molecule has 3 heterocycles. The number of hydrogen-bond acceptors (Lipinski definition) is 5. The number of alkyl halides is 4. The fourth-order valence-corrected chi connectivity index (χ4v) is 3.94. The number of aromatic nitrogens is 2. The zero-order valence-electron chi connectivity index (χ0n) is 16.2. The average molecular weight is 426 g/mol. The van der Waals surface area contributed by atoms with Crippen molar-refractivity contribution in [1.29, 1.82) is 0 Å². The summed E-state index contributed by atoms with van der Waals surface area (Å²) in [5, 5.41) is 0. The van der Waals surface area contributed by atoms with E-state index < -0.39 is 30.6 Å². The molecule has 0 aliphatic carbocycles. The summed E-state index contributed by atoms with van der Waals surface area (Å²) in [6.45, 7) is 0.0517. The lowest BCUT2D eigenvalue weighted by Crippen LogP contribution is -2.52. The van der Waals surface area contributed by atoms with Crippen LogP contribution in [0.2, 0.25) is 0 Å². The molecule has 0 spiro atoms.